The minimum Gasteiger partial charge on any atom is -0.493 e. The molecule has 2 aromatic rings. The Morgan fingerprint density at radius 3 is 2.90 bits per heavy atom. The number of fused-ring (bicyclic) bond motifs is 1. The molecule has 3 nitrogen and oxygen atoms in total. The van der Waals surface area contributed by atoms with E-state index in [0.717, 1.165) is 29.7 Å². The van der Waals surface area contributed by atoms with Gasteiger partial charge in [-0.15, -0.1) is 0 Å². The van der Waals surface area contributed by atoms with Crippen molar-refractivity contribution < 1.29 is 9.13 Å². The van der Waals surface area contributed by atoms with Crippen LogP contribution in [0.4, 0.5) is 4.39 Å². The summed E-state index contributed by atoms with van der Waals surface area (Å²) in [6, 6.07) is 10.7. The van der Waals surface area contributed by atoms with E-state index in [0.29, 0.717) is 11.1 Å². The third-order valence-corrected chi connectivity index (χ3v) is 4.33. The Hall–Kier alpha value is -1.43. The summed E-state index contributed by atoms with van der Waals surface area (Å²) in [7, 11) is 0. The Labute approximate surface area is 131 Å². The number of aryl methyl sites for hydroxylation is 1. The summed E-state index contributed by atoms with van der Waals surface area (Å²) in [5.41, 5.74) is 5.87. The van der Waals surface area contributed by atoms with Crippen LogP contribution in [-0.4, -0.2) is 6.61 Å². The lowest BCUT2D eigenvalue weighted by molar-refractivity contribution is 0.283. The first-order valence-corrected chi connectivity index (χ1v) is 7.65. The summed E-state index contributed by atoms with van der Waals surface area (Å²) in [5.74, 6) is 6.35. The summed E-state index contributed by atoms with van der Waals surface area (Å²) in [5, 5.41) is 0. The molecule has 0 amide bonds. The van der Waals surface area contributed by atoms with E-state index in [9.17, 15) is 4.39 Å². The van der Waals surface area contributed by atoms with E-state index in [4.69, 9.17) is 10.6 Å². The first kappa shape index (κ1) is 14.5. The maximum Gasteiger partial charge on any atom is 0.137 e. The predicted octanol–water partition coefficient (Wildman–Crippen LogP) is 3.47. The molecule has 1 atom stereocenters. The third kappa shape index (κ3) is 2.81. The van der Waals surface area contributed by atoms with Gasteiger partial charge in [-0.05, 0) is 52.0 Å². The molecule has 0 spiro atoms. The number of hydrogen-bond donors (Lipinski definition) is 2. The second-order valence-corrected chi connectivity index (χ2v) is 5.92. The van der Waals surface area contributed by atoms with E-state index < -0.39 is 0 Å². The molecular formula is C16H16BrFN2O. The first-order valence-electron chi connectivity index (χ1n) is 6.86. The standard InChI is InChI=1S/C16H16BrFN2O/c17-13-9-11(6-7-14(13)18)15(20-19)12-5-1-3-10-4-2-8-21-16(10)12/h1,3,5-7,9,15,20H,2,4,8,19H2. The summed E-state index contributed by atoms with van der Waals surface area (Å²) in [6.45, 7) is 0.717. The van der Waals surface area contributed by atoms with E-state index in [1.165, 1.54) is 11.6 Å². The molecule has 3 N–H and O–H groups in total. The molecule has 2 aromatic carbocycles. The van der Waals surface area contributed by atoms with Gasteiger partial charge in [0.05, 0.1) is 17.1 Å². The molecule has 1 unspecified atom stereocenters. The van der Waals surface area contributed by atoms with Crippen molar-refractivity contribution in [1.82, 2.24) is 5.43 Å². The number of ether oxygens (including phenoxy) is 1. The molecule has 3 rings (SSSR count). The van der Waals surface area contributed by atoms with Crippen LogP contribution in [0.25, 0.3) is 0 Å². The SMILES string of the molecule is NNC(c1ccc(F)c(Br)c1)c1cccc2c1OCCC2. The van der Waals surface area contributed by atoms with Gasteiger partial charge in [0.1, 0.15) is 11.6 Å². The zero-order valence-electron chi connectivity index (χ0n) is 11.4. The van der Waals surface area contributed by atoms with E-state index >= 15 is 0 Å². The Balaban J connectivity index is 2.06. The van der Waals surface area contributed by atoms with Crippen molar-refractivity contribution in [3.05, 3.63) is 63.4 Å². The molecule has 1 aliphatic rings. The smallest absolute Gasteiger partial charge is 0.137 e. The van der Waals surface area contributed by atoms with Crippen LogP contribution in [-0.2, 0) is 6.42 Å². The van der Waals surface area contributed by atoms with Crippen molar-refractivity contribution in [2.45, 2.75) is 18.9 Å². The van der Waals surface area contributed by atoms with E-state index in [-0.39, 0.29) is 11.9 Å². The highest BCUT2D eigenvalue weighted by atomic mass is 79.9. The normalized spacial score (nSPS) is 15.2. The van der Waals surface area contributed by atoms with Crippen LogP contribution in [0.3, 0.4) is 0 Å². The van der Waals surface area contributed by atoms with Crippen molar-refractivity contribution in [3.63, 3.8) is 0 Å². The monoisotopic (exact) mass is 350 g/mol. The molecule has 1 aliphatic heterocycles. The van der Waals surface area contributed by atoms with Crippen molar-refractivity contribution in [1.29, 1.82) is 0 Å². The lowest BCUT2D eigenvalue weighted by Crippen LogP contribution is -2.30. The Morgan fingerprint density at radius 2 is 2.14 bits per heavy atom. The average Bonchev–Trinajstić information content (AvgIpc) is 2.52. The molecule has 0 radical (unpaired) electrons. The van der Waals surface area contributed by atoms with Crippen molar-refractivity contribution in [3.8, 4) is 5.75 Å². The molecule has 0 aromatic heterocycles. The summed E-state index contributed by atoms with van der Waals surface area (Å²) in [4.78, 5) is 0. The molecule has 0 saturated heterocycles. The quantitative estimate of drug-likeness (QED) is 0.658. The number of hydrogen-bond acceptors (Lipinski definition) is 3. The summed E-state index contributed by atoms with van der Waals surface area (Å²) in [6.07, 6.45) is 2.03. The minimum absolute atomic E-state index is 0.241. The van der Waals surface area contributed by atoms with Gasteiger partial charge in [-0.1, -0.05) is 24.3 Å². The molecule has 0 saturated carbocycles. The largest absolute Gasteiger partial charge is 0.493 e. The lowest BCUT2D eigenvalue weighted by atomic mass is 9.94. The van der Waals surface area contributed by atoms with Crippen LogP contribution >= 0.6 is 15.9 Å². The fourth-order valence-corrected chi connectivity index (χ4v) is 3.10. The van der Waals surface area contributed by atoms with E-state index in [1.807, 2.05) is 12.1 Å². The van der Waals surface area contributed by atoms with Crippen LogP contribution in [0, 0.1) is 5.82 Å². The topological polar surface area (TPSA) is 47.3 Å². The number of para-hydroxylation sites is 1. The van der Waals surface area contributed by atoms with Gasteiger partial charge in [-0.2, -0.15) is 0 Å². The first-order chi connectivity index (χ1) is 10.2. The van der Waals surface area contributed by atoms with Crippen LogP contribution < -0.4 is 16.0 Å². The van der Waals surface area contributed by atoms with Crippen LogP contribution in [0.2, 0.25) is 0 Å². The van der Waals surface area contributed by atoms with Crippen LogP contribution in [0.5, 0.6) is 5.75 Å². The van der Waals surface area contributed by atoms with E-state index in [1.54, 1.807) is 12.1 Å². The third-order valence-electron chi connectivity index (χ3n) is 3.72. The molecule has 1 heterocycles. The minimum atomic E-state index is -0.291. The molecule has 0 bridgehead atoms. The maximum atomic E-state index is 13.4. The van der Waals surface area contributed by atoms with Gasteiger partial charge in [0.25, 0.3) is 0 Å². The molecule has 0 aliphatic carbocycles. The Kier molecular flexibility index (Phi) is 4.24. The Morgan fingerprint density at radius 1 is 1.29 bits per heavy atom. The van der Waals surface area contributed by atoms with Crippen LogP contribution in [0.15, 0.2) is 40.9 Å². The summed E-state index contributed by atoms with van der Waals surface area (Å²) < 4.78 is 19.7. The zero-order valence-corrected chi connectivity index (χ0v) is 13.0. The zero-order chi connectivity index (χ0) is 14.8. The van der Waals surface area contributed by atoms with Gasteiger partial charge in [0, 0.05) is 5.56 Å². The van der Waals surface area contributed by atoms with Gasteiger partial charge < -0.3 is 4.74 Å². The van der Waals surface area contributed by atoms with E-state index in [2.05, 4.69) is 27.4 Å². The second kappa shape index (κ2) is 6.13. The molecule has 110 valence electrons. The average molecular weight is 351 g/mol. The number of benzene rings is 2. The van der Waals surface area contributed by atoms with Gasteiger partial charge in [-0.25, -0.2) is 9.82 Å². The van der Waals surface area contributed by atoms with Crippen molar-refractivity contribution in [2.24, 2.45) is 5.84 Å². The fraction of sp³-hybridized carbons (Fsp3) is 0.250. The predicted molar refractivity (Wildman–Crippen MR) is 83.5 cm³/mol. The molecule has 5 heteroatoms. The number of nitrogens with two attached hydrogens (primary N) is 1. The Bertz CT molecular complexity index is 663. The number of hydrazine groups is 1. The summed E-state index contributed by atoms with van der Waals surface area (Å²) >= 11 is 3.22. The van der Waals surface area contributed by atoms with Crippen LogP contribution in [0.1, 0.15) is 29.2 Å². The van der Waals surface area contributed by atoms with Gasteiger partial charge in [0.15, 0.2) is 0 Å². The molecule has 21 heavy (non-hydrogen) atoms. The number of halogens is 2. The highest BCUT2D eigenvalue weighted by Gasteiger charge is 2.22. The highest BCUT2D eigenvalue weighted by molar-refractivity contribution is 9.10. The van der Waals surface area contributed by atoms with Crippen molar-refractivity contribution >= 4 is 15.9 Å². The fourth-order valence-electron chi connectivity index (χ4n) is 2.70. The number of nitrogens with one attached hydrogen (secondary N) is 1. The second-order valence-electron chi connectivity index (χ2n) is 5.06. The molecule has 0 fully saturated rings. The van der Waals surface area contributed by atoms with Crippen molar-refractivity contribution in [2.75, 3.05) is 6.61 Å². The lowest BCUT2D eigenvalue weighted by Gasteiger charge is -2.25. The maximum absolute atomic E-state index is 13.4. The van der Waals surface area contributed by atoms with Gasteiger partial charge in [0.2, 0.25) is 0 Å². The van der Waals surface area contributed by atoms with Gasteiger partial charge >= 0.3 is 0 Å². The number of rotatable bonds is 3. The molecular weight excluding hydrogens is 335 g/mol. The highest BCUT2D eigenvalue weighted by Crippen LogP contribution is 2.36. The van der Waals surface area contributed by atoms with Gasteiger partial charge in [-0.3, -0.25) is 5.84 Å².